The molecule has 0 saturated carbocycles. The summed E-state index contributed by atoms with van der Waals surface area (Å²) >= 11 is 6.14. The van der Waals surface area contributed by atoms with E-state index >= 15 is 0 Å². The smallest absolute Gasteiger partial charge is 0.255 e. The van der Waals surface area contributed by atoms with E-state index in [0.717, 1.165) is 5.69 Å². The molecule has 6 nitrogen and oxygen atoms in total. The number of pyridine rings is 1. The van der Waals surface area contributed by atoms with Gasteiger partial charge in [0.05, 0.1) is 29.5 Å². The van der Waals surface area contributed by atoms with Crippen molar-refractivity contribution in [1.82, 2.24) is 9.88 Å². The number of aromatic nitrogens is 1. The standard InChI is InChI=1S/C19H20ClN3O3/c20-15-3-1-2-4-16(15)22-17-6-5-14(13-21-17)18(24)23-9-7-19(8-10-23)25-11-12-26-19/h1-6,13H,7-12H2,(H,21,22). The van der Waals surface area contributed by atoms with Gasteiger partial charge in [-0.05, 0) is 24.3 Å². The molecule has 0 bridgehead atoms. The van der Waals surface area contributed by atoms with Gasteiger partial charge in [0.15, 0.2) is 5.79 Å². The van der Waals surface area contributed by atoms with Crippen LogP contribution in [0.15, 0.2) is 42.6 Å². The molecule has 2 fully saturated rings. The maximum absolute atomic E-state index is 12.7. The van der Waals surface area contributed by atoms with Crippen molar-refractivity contribution >= 4 is 29.0 Å². The molecular weight excluding hydrogens is 354 g/mol. The predicted molar refractivity (Wildman–Crippen MR) is 98.7 cm³/mol. The first-order chi connectivity index (χ1) is 12.7. The fourth-order valence-corrected chi connectivity index (χ4v) is 3.50. The molecule has 136 valence electrons. The van der Waals surface area contributed by atoms with E-state index in [1.165, 1.54) is 0 Å². The normalized spacial score (nSPS) is 18.9. The number of ether oxygens (including phenoxy) is 2. The summed E-state index contributed by atoms with van der Waals surface area (Å²) < 4.78 is 11.4. The third kappa shape index (κ3) is 3.53. The van der Waals surface area contributed by atoms with E-state index in [1.807, 2.05) is 29.2 Å². The van der Waals surface area contributed by atoms with E-state index in [0.29, 0.717) is 55.5 Å². The predicted octanol–water partition coefficient (Wildman–Crippen LogP) is 3.46. The number of anilines is 2. The summed E-state index contributed by atoms with van der Waals surface area (Å²) in [6, 6.07) is 11.0. The highest BCUT2D eigenvalue weighted by Crippen LogP contribution is 2.31. The third-order valence-electron chi connectivity index (χ3n) is 4.77. The largest absolute Gasteiger partial charge is 0.347 e. The van der Waals surface area contributed by atoms with Crippen LogP contribution in [0.25, 0.3) is 0 Å². The number of nitrogens with one attached hydrogen (secondary N) is 1. The molecule has 0 atom stereocenters. The molecule has 1 aromatic carbocycles. The van der Waals surface area contributed by atoms with Gasteiger partial charge in [0.1, 0.15) is 5.82 Å². The van der Waals surface area contributed by atoms with Crippen molar-refractivity contribution in [3.8, 4) is 0 Å². The number of nitrogens with zero attached hydrogens (tertiary/aromatic N) is 2. The number of hydrogen-bond donors (Lipinski definition) is 1. The number of para-hydroxylation sites is 1. The number of piperidine rings is 1. The Morgan fingerprint density at radius 3 is 2.50 bits per heavy atom. The molecule has 26 heavy (non-hydrogen) atoms. The van der Waals surface area contributed by atoms with Gasteiger partial charge < -0.3 is 19.7 Å². The van der Waals surface area contributed by atoms with Crippen molar-refractivity contribution in [2.75, 3.05) is 31.6 Å². The topological polar surface area (TPSA) is 63.7 Å². The lowest BCUT2D eigenvalue weighted by Gasteiger charge is -2.37. The van der Waals surface area contributed by atoms with Gasteiger partial charge in [-0.1, -0.05) is 23.7 Å². The second kappa shape index (κ2) is 7.23. The summed E-state index contributed by atoms with van der Waals surface area (Å²) in [6.45, 7) is 2.52. The Hall–Kier alpha value is -2.15. The SMILES string of the molecule is O=C(c1ccc(Nc2ccccc2Cl)nc1)N1CCC2(CC1)OCCO2. The van der Waals surface area contributed by atoms with Crippen molar-refractivity contribution in [2.24, 2.45) is 0 Å². The van der Waals surface area contributed by atoms with Crippen molar-refractivity contribution in [3.05, 3.63) is 53.2 Å². The Morgan fingerprint density at radius 1 is 1.12 bits per heavy atom. The summed E-state index contributed by atoms with van der Waals surface area (Å²) in [5.74, 6) is 0.146. The molecule has 2 saturated heterocycles. The fourth-order valence-electron chi connectivity index (χ4n) is 3.31. The van der Waals surface area contributed by atoms with Crippen LogP contribution < -0.4 is 5.32 Å². The summed E-state index contributed by atoms with van der Waals surface area (Å²) in [5.41, 5.74) is 1.34. The number of hydrogen-bond acceptors (Lipinski definition) is 5. The number of rotatable bonds is 3. The molecule has 2 aromatic rings. The molecule has 3 heterocycles. The van der Waals surface area contributed by atoms with Crippen LogP contribution in [0.5, 0.6) is 0 Å². The average Bonchev–Trinajstić information content (AvgIpc) is 3.12. The highest BCUT2D eigenvalue weighted by atomic mass is 35.5. The minimum absolute atomic E-state index is 0.0189. The van der Waals surface area contributed by atoms with E-state index < -0.39 is 5.79 Å². The fraction of sp³-hybridized carbons (Fsp3) is 0.368. The Morgan fingerprint density at radius 2 is 1.85 bits per heavy atom. The van der Waals surface area contributed by atoms with Crippen LogP contribution in [0, 0.1) is 0 Å². The van der Waals surface area contributed by atoms with Gasteiger partial charge in [-0.25, -0.2) is 4.98 Å². The average molecular weight is 374 g/mol. The Labute approximate surface area is 157 Å². The Kier molecular flexibility index (Phi) is 4.80. The second-order valence-corrected chi connectivity index (χ2v) is 6.84. The lowest BCUT2D eigenvalue weighted by molar-refractivity contribution is -0.181. The summed E-state index contributed by atoms with van der Waals surface area (Å²) in [5, 5.41) is 3.77. The first-order valence-electron chi connectivity index (χ1n) is 8.70. The molecule has 0 aliphatic carbocycles. The minimum atomic E-state index is -0.474. The zero-order valence-corrected chi connectivity index (χ0v) is 15.0. The molecule has 4 rings (SSSR count). The molecule has 7 heteroatoms. The zero-order chi connectivity index (χ0) is 18.0. The van der Waals surface area contributed by atoms with Gasteiger partial charge in [-0.15, -0.1) is 0 Å². The number of benzene rings is 1. The number of halogens is 1. The maximum atomic E-state index is 12.7. The molecule has 0 unspecified atom stereocenters. The number of carbonyl (C=O) groups excluding carboxylic acids is 1. The van der Waals surface area contributed by atoms with Crippen molar-refractivity contribution in [2.45, 2.75) is 18.6 Å². The molecule has 1 aromatic heterocycles. The van der Waals surface area contributed by atoms with Crippen molar-refractivity contribution < 1.29 is 14.3 Å². The van der Waals surface area contributed by atoms with Crippen molar-refractivity contribution in [1.29, 1.82) is 0 Å². The summed E-state index contributed by atoms with van der Waals surface area (Å²) in [6.07, 6.45) is 3.01. The van der Waals surface area contributed by atoms with E-state index in [-0.39, 0.29) is 5.91 Å². The van der Waals surface area contributed by atoms with E-state index in [1.54, 1.807) is 18.3 Å². The van der Waals surface area contributed by atoms with E-state index in [4.69, 9.17) is 21.1 Å². The first-order valence-corrected chi connectivity index (χ1v) is 9.08. The third-order valence-corrected chi connectivity index (χ3v) is 5.10. The maximum Gasteiger partial charge on any atom is 0.255 e. The number of carbonyl (C=O) groups is 1. The van der Waals surface area contributed by atoms with Crippen LogP contribution >= 0.6 is 11.6 Å². The van der Waals surface area contributed by atoms with Crippen molar-refractivity contribution in [3.63, 3.8) is 0 Å². The molecule has 2 aliphatic rings. The Balaban J connectivity index is 1.39. The molecule has 2 aliphatic heterocycles. The van der Waals surface area contributed by atoms with Crippen LogP contribution in [0.1, 0.15) is 23.2 Å². The van der Waals surface area contributed by atoms with Crippen LogP contribution in [-0.2, 0) is 9.47 Å². The lowest BCUT2D eigenvalue weighted by Crippen LogP contribution is -2.47. The molecule has 1 spiro atoms. The van der Waals surface area contributed by atoms with Gasteiger partial charge in [0.2, 0.25) is 0 Å². The lowest BCUT2D eigenvalue weighted by atomic mass is 10.0. The number of amides is 1. The first kappa shape index (κ1) is 17.3. The van der Waals surface area contributed by atoms with Gasteiger partial charge in [-0.2, -0.15) is 0 Å². The van der Waals surface area contributed by atoms with E-state index in [2.05, 4.69) is 10.3 Å². The van der Waals surface area contributed by atoms with Gasteiger partial charge in [0.25, 0.3) is 5.91 Å². The minimum Gasteiger partial charge on any atom is -0.347 e. The Bertz CT molecular complexity index is 781. The van der Waals surface area contributed by atoms with Gasteiger partial charge >= 0.3 is 0 Å². The molecule has 0 radical (unpaired) electrons. The van der Waals surface area contributed by atoms with Gasteiger partial charge in [0, 0.05) is 32.1 Å². The second-order valence-electron chi connectivity index (χ2n) is 6.44. The quantitative estimate of drug-likeness (QED) is 0.892. The van der Waals surface area contributed by atoms with Crippen LogP contribution in [0.3, 0.4) is 0 Å². The summed E-state index contributed by atoms with van der Waals surface area (Å²) in [4.78, 5) is 18.9. The molecular formula is C19H20ClN3O3. The van der Waals surface area contributed by atoms with E-state index in [9.17, 15) is 4.79 Å². The van der Waals surface area contributed by atoms with Crippen LogP contribution in [0.4, 0.5) is 11.5 Å². The monoisotopic (exact) mass is 373 g/mol. The highest BCUT2D eigenvalue weighted by Gasteiger charge is 2.40. The molecule has 1 N–H and O–H groups in total. The zero-order valence-electron chi connectivity index (χ0n) is 14.3. The molecule has 1 amide bonds. The van der Waals surface area contributed by atoms with Crippen LogP contribution in [-0.4, -0.2) is 47.9 Å². The van der Waals surface area contributed by atoms with Gasteiger partial charge in [-0.3, -0.25) is 4.79 Å². The number of likely N-dealkylation sites (tertiary alicyclic amines) is 1. The van der Waals surface area contributed by atoms with Crippen LogP contribution in [0.2, 0.25) is 5.02 Å². The highest BCUT2D eigenvalue weighted by molar-refractivity contribution is 6.33. The summed E-state index contributed by atoms with van der Waals surface area (Å²) in [7, 11) is 0.